The number of hydrogen-bond acceptors (Lipinski definition) is 5. The van der Waals surface area contributed by atoms with Crippen molar-refractivity contribution in [1.82, 2.24) is 9.88 Å². The summed E-state index contributed by atoms with van der Waals surface area (Å²) in [4.78, 5) is 29.8. The lowest BCUT2D eigenvalue weighted by atomic mass is 9.95. The van der Waals surface area contributed by atoms with Crippen molar-refractivity contribution < 1.29 is 14.3 Å². The van der Waals surface area contributed by atoms with E-state index in [9.17, 15) is 9.59 Å². The van der Waals surface area contributed by atoms with Crippen molar-refractivity contribution in [1.29, 1.82) is 0 Å². The van der Waals surface area contributed by atoms with Crippen molar-refractivity contribution in [2.24, 2.45) is 0 Å². The van der Waals surface area contributed by atoms with Gasteiger partial charge in [0.15, 0.2) is 5.76 Å². The summed E-state index contributed by atoms with van der Waals surface area (Å²) in [6.07, 6.45) is 1.48. The van der Waals surface area contributed by atoms with Crippen molar-refractivity contribution in [3.05, 3.63) is 41.0 Å². The number of likely N-dealkylation sites (N-methyl/N-ethyl adjacent to an activating group) is 1. The minimum atomic E-state index is -0.355. The number of rotatable bonds is 2. The molecule has 0 aliphatic heterocycles. The van der Waals surface area contributed by atoms with Crippen LogP contribution in [-0.4, -0.2) is 42.7 Å². The van der Waals surface area contributed by atoms with E-state index in [2.05, 4.69) is 4.98 Å². The number of aromatic nitrogens is 1. The second kappa shape index (κ2) is 4.01. The molecule has 1 aliphatic rings. The van der Waals surface area contributed by atoms with Crippen LogP contribution in [0.3, 0.4) is 0 Å². The smallest absolute Gasteiger partial charge is 0.248 e. The number of hydrogen-bond donors (Lipinski definition) is 0. The van der Waals surface area contributed by atoms with E-state index in [-0.39, 0.29) is 28.7 Å². The zero-order valence-electron chi connectivity index (χ0n) is 9.85. The topological polar surface area (TPSA) is 59.5 Å². The Bertz CT molecular complexity index is 532. The Balaban J connectivity index is 2.69. The number of nitrogens with zero attached hydrogens (tertiary/aromatic N) is 2. The van der Waals surface area contributed by atoms with E-state index in [1.807, 2.05) is 0 Å². The number of carbonyl (C=O) groups excluding carboxylic acids is 2. The van der Waals surface area contributed by atoms with Crippen LogP contribution in [0.15, 0.2) is 29.8 Å². The molecule has 0 aromatic carbocycles. The number of Topliss-reactive ketones (excluding diaryl/α,β-unsaturated/α-hetero) is 2. The molecule has 0 saturated carbocycles. The molecule has 0 spiro atoms. The Morgan fingerprint density at radius 3 is 2.53 bits per heavy atom. The van der Waals surface area contributed by atoms with Gasteiger partial charge in [-0.25, -0.2) is 0 Å². The molecule has 2 rings (SSSR count). The van der Waals surface area contributed by atoms with Crippen LogP contribution in [0.2, 0.25) is 0 Å². The Labute approximate surface area is 98.7 Å². The standard InChI is InChI=1S/C12H12N2O3/c1-14(2)9-10(15)7-5-4-6-13-8(7)11(16)12(9)17-3/h4-6H,1-3H3. The maximum Gasteiger partial charge on any atom is 0.248 e. The molecular formula is C12H12N2O3. The van der Waals surface area contributed by atoms with Gasteiger partial charge in [-0.1, -0.05) is 0 Å². The molecule has 1 aromatic rings. The molecule has 0 radical (unpaired) electrons. The number of pyridine rings is 1. The van der Waals surface area contributed by atoms with Crippen molar-refractivity contribution in [2.75, 3.05) is 21.2 Å². The van der Waals surface area contributed by atoms with Gasteiger partial charge in [0.25, 0.3) is 0 Å². The predicted octanol–water partition coefficient (Wildman–Crippen LogP) is 0.880. The lowest BCUT2D eigenvalue weighted by Crippen LogP contribution is -2.31. The fraction of sp³-hybridized carbons (Fsp3) is 0.250. The molecule has 0 N–H and O–H groups in total. The summed E-state index contributed by atoms with van der Waals surface area (Å²) in [7, 11) is 4.76. The molecule has 1 aliphatic carbocycles. The van der Waals surface area contributed by atoms with Gasteiger partial charge in [-0.3, -0.25) is 14.6 Å². The first-order chi connectivity index (χ1) is 8.07. The molecule has 0 bridgehead atoms. The van der Waals surface area contributed by atoms with Crippen molar-refractivity contribution in [2.45, 2.75) is 0 Å². The summed E-state index contributed by atoms with van der Waals surface area (Å²) in [5, 5.41) is 0. The van der Waals surface area contributed by atoms with E-state index >= 15 is 0 Å². The number of methoxy groups -OCH3 is 1. The molecular weight excluding hydrogens is 220 g/mol. The highest BCUT2D eigenvalue weighted by atomic mass is 16.5. The van der Waals surface area contributed by atoms with E-state index in [0.717, 1.165) is 0 Å². The summed E-state index contributed by atoms with van der Waals surface area (Å²) < 4.78 is 5.03. The summed E-state index contributed by atoms with van der Waals surface area (Å²) >= 11 is 0. The highest BCUT2D eigenvalue weighted by Crippen LogP contribution is 2.26. The molecule has 1 heterocycles. The van der Waals surface area contributed by atoms with E-state index < -0.39 is 0 Å². The Kier molecular flexibility index (Phi) is 2.67. The summed E-state index contributed by atoms with van der Waals surface area (Å²) in [6, 6.07) is 3.23. The van der Waals surface area contributed by atoms with Gasteiger partial charge in [0.2, 0.25) is 11.6 Å². The van der Waals surface area contributed by atoms with Gasteiger partial charge >= 0.3 is 0 Å². The third-order valence-electron chi connectivity index (χ3n) is 2.56. The zero-order chi connectivity index (χ0) is 12.6. The van der Waals surface area contributed by atoms with Crippen LogP contribution in [0.4, 0.5) is 0 Å². The molecule has 0 atom stereocenters. The maximum absolute atomic E-state index is 12.2. The Morgan fingerprint density at radius 1 is 1.24 bits per heavy atom. The third-order valence-corrected chi connectivity index (χ3v) is 2.56. The second-order valence-electron chi connectivity index (χ2n) is 3.83. The van der Waals surface area contributed by atoms with Crippen LogP contribution >= 0.6 is 0 Å². The molecule has 88 valence electrons. The molecule has 0 amide bonds. The van der Waals surface area contributed by atoms with Crippen molar-refractivity contribution in [3.8, 4) is 0 Å². The van der Waals surface area contributed by atoms with Crippen molar-refractivity contribution in [3.63, 3.8) is 0 Å². The van der Waals surface area contributed by atoms with Crippen LogP contribution in [0.1, 0.15) is 20.8 Å². The van der Waals surface area contributed by atoms with Crippen molar-refractivity contribution >= 4 is 11.6 Å². The quantitative estimate of drug-likeness (QED) is 0.757. The largest absolute Gasteiger partial charge is 0.491 e. The first-order valence-electron chi connectivity index (χ1n) is 5.08. The molecule has 0 unspecified atom stereocenters. The molecule has 0 fully saturated rings. The second-order valence-corrected chi connectivity index (χ2v) is 3.83. The molecule has 5 heteroatoms. The van der Waals surface area contributed by atoms with E-state index in [0.29, 0.717) is 5.56 Å². The van der Waals surface area contributed by atoms with Gasteiger partial charge in [-0.15, -0.1) is 0 Å². The summed E-state index contributed by atoms with van der Waals surface area (Å²) in [5.74, 6) is -0.549. The number of fused-ring (bicyclic) bond motifs is 1. The van der Waals surface area contributed by atoms with E-state index in [1.54, 1.807) is 31.1 Å². The normalized spacial score (nSPS) is 14.8. The molecule has 0 saturated heterocycles. The number of ketones is 2. The van der Waals surface area contributed by atoms with E-state index in [1.165, 1.54) is 13.3 Å². The summed E-state index contributed by atoms with van der Waals surface area (Å²) in [6.45, 7) is 0. The monoisotopic (exact) mass is 232 g/mol. The Morgan fingerprint density at radius 2 is 1.94 bits per heavy atom. The van der Waals surface area contributed by atoms with Gasteiger partial charge in [0, 0.05) is 20.3 Å². The van der Waals surface area contributed by atoms with Crippen LogP contribution in [0, 0.1) is 0 Å². The van der Waals surface area contributed by atoms with Crippen LogP contribution in [0.25, 0.3) is 0 Å². The fourth-order valence-corrected chi connectivity index (χ4v) is 1.81. The van der Waals surface area contributed by atoms with Gasteiger partial charge in [-0.05, 0) is 12.1 Å². The third kappa shape index (κ3) is 1.60. The minimum absolute atomic E-state index is 0.0474. The van der Waals surface area contributed by atoms with Crippen LogP contribution in [-0.2, 0) is 4.74 Å². The minimum Gasteiger partial charge on any atom is -0.491 e. The van der Waals surface area contributed by atoms with Crippen LogP contribution < -0.4 is 0 Å². The number of carbonyl (C=O) groups is 2. The van der Waals surface area contributed by atoms with Gasteiger partial charge in [-0.2, -0.15) is 0 Å². The molecule has 5 nitrogen and oxygen atoms in total. The maximum atomic E-state index is 12.2. The summed E-state index contributed by atoms with van der Waals surface area (Å²) in [5.41, 5.74) is 0.736. The predicted molar refractivity (Wildman–Crippen MR) is 60.6 cm³/mol. The fourth-order valence-electron chi connectivity index (χ4n) is 1.81. The average Bonchev–Trinajstić information content (AvgIpc) is 2.33. The zero-order valence-corrected chi connectivity index (χ0v) is 9.85. The molecule has 1 aromatic heterocycles. The van der Waals surface area contributed by atoms with Gasteiger partial charge in [0.1, 0.15) is 11.4 Å². The van der Waals surface area contributed by atoms with Crippen LogP contribution in [0.5, 0.6) is 0 Å². The number of allylic oxidation sites excluding steroid dienone is 2. The lowest BCUT2D eigenvalue weighted by molar-refractivity contribution is 0.0877. The van der Waals surface area contributed by atoms with Gasteiger partial charge < -0.3 is 9.64 Å². The average molecular weight is 232 g/mol. The SMILES string of the molecule is COC1=C(N(C)C)C(=O)c2cccnc2C1=O. The van der Waals surface area contributed by atoms with E-state index in [4.69, 9.17) is 4.74 Å². The highest BCUT2D eigenvalue weighted by molar-refractivity contribution is 6.25. The Hall–Kier alpha value is -2.17. The first kappa shape index (κ1) is 11.3. The highest BCUT2D eigenvalue weighted by Gasteiger charge is 2.35. The lowest BCUT2D eigenvalue weighted by Gasteiger charge is -2.23. The molecule has 17 heavy (non-hydrogen) atoms. The van der Waals surface area contributed by atoms with Gasteiger partial charge in [0.05, 0.1) is 12.7 Å². The first-order valence-corrected chi connectivity index (χ1v) is 5.08. The number of ether oxygens (including phenoxy) is 1.